The van der Waals surface area contributed by atoms with Gasteiger partial charge in [0.05, 0.1) is 6.04 Å². The van der Waals surface area contributed by atoms with Crippen LogP contribution in [-0.2, 0) is 4.79 Å². The highest BCUT2D eigenvalue weighted by Gasteiger charge is 2.08. The summed E-state index contributed by atoms with van der Waals surface area (Å²) in [6.45, 7) is 1.50. The largest absolute Gasteiger partial charge is 0.341 e. The van der Waals surface area contributed by atoms with Crippen molar-refractivity contribution in [2.24, 2.45) is 5.73 Å². The summed E-state index contributed by atoms with van der Waals surface area (Å²) >= 11 is 0. The van der Waals surface area contributed by atoms with Gasteiger partial charge in [-0.1, -0.05) is 0 Å². The summed E-state index contributed by atoms with van der Waals surface area (Å²) in [6, 6.07) is -1.19. The first kappa shape index (κ1) is 8.90. The second kappa shape index (κ2) is 3.84. The number of nitrogens with one attached hydrogen (secondary N) is 2. The van der Waals surface area contributed by atoms with Crippen molar-refractivity contribution in [3.8, 4) is 0 Å². The van der Waals surface area contributed by atoms with Crippen LogP contribution in [0.15, 0.2) is 0 Å². The average molecular weight is 145 g/mol. The van der Waals surface area contributed by atoms with Gasteiger partial charge < -0.3 is 11.1 Å². The Labute approximate surface area is 59.0 Å². The van der Waals surface area contributed by atoms with Gasteiger partial charge in [0, 0.05) is 7.05 Å². The van der Waals surface area contributed by atoms with Crippen molar-refractivity contribution in [3.63, 3.8) is 0 Å². The van der Waals surface area contributed by atoms with Crippen LogP contribution in [-0.4, -0.2) is 25.0 Å². The number of amides is 3. The molecular weight excluding hydrogens is 134 g/mol. The van der Waals surface area contributed by atoms with E-state index in [1.807, 2.05) is 5.32 Å². The third-order valence-corrected chi connectivity index (χ3v) is 0.877. The highest BCUT2D eigenvalue weighted by Crippen LogP contribution is 1.73. The van der Waals surface area contributed by atoms with Crippen molar-refractivity contribution >= 4 is 11.9 Å². The standard InChI is InChI=1S/C5H11N3O2/c1-3(6)4(9)8-5(10)7-2/h3H,6H2,1-2H3,(H2,7,8,9,10)/t3-/m1/s1. The van der Waals surface area contributed by atoms with E-state index < -0.39 is 18.0 Å². The number of hydrogen-bond acceptors (Lipinski definition) is 3. The Hall–Kier alpha value is -1.10. The van der Waals surface area contributed by atoms with Crippen LogP contribution in [0.25, 0.3) is 0 Å². The first-order chi connectivity index (χ1) is 4.57. The molecule has 0 rings (SSSR count). The number of hydrogen-bond donors (Lipinski definition) is 3. The SMILES string of the molecule is CNC(=O)NC(=O)[C@@H](C)N. The van der Waals surface area contributed by atoms with Gasteiger partial charge in [0.25, 0.3) is 0 Å². The lowest BCUT2D eigenvalue weighted by Gasteiger charge is -2.04. The Kier molecular flexibility index (Phi) is 3.42. The molecule has 0 heterocycles. The first-order valence-electron chi connectivity index (χ1n) is 2.86. The van der Waals surface area contributed by atoms with E-state index >= 15 is 0 Å². The fraction of sp³-hybridized carbons (Fsp3) is 0.600. The van der Waals surface area contributed by atoms with Gasteiger partial charge in [0.2, 0.25) is 5.91 Å². The molecule has 0 saturated carbocycles. The van der Waals surface area contributed by atoms with Crippen molar-refractivity contribution in [2.45, 2.75) is 13.0 Å². The van der Waals surface area contributed by atoms with Gasteiger partial charge in [-0.15, -0.1) is 0 Å². The van der Waals surface area contributed by atoms with Crippen LogP contribution < -0.4 is 16.4 Å². The Morgan fingerprint density at radius 2 is 2.00 bits per heavy atom. The van der Waals surface area contributed by atoms with Crippen LogP contribution in [0, 0.1) is 0 Å². The van der Waals surface area contributed by atoms with E-state index in [-0.39, 0.29) is 0 Å². The van der Waals surface area contributed by atoms with E-state index in [0.717, 1.165) is 0 Å². The predicted molar refractivity (Wildman–Crippen MR) is 36.2 cm³/mol. The summed E-state index contributed by atoms with van der Waals surface area (Å²) in [7, 11) is 1.42. The molecule has 3 amide bonds. The number of carbonyl (C=O) groups is 2. The second-order valence-corrected chi connectivity index (χ2v) is 1.86. The van der Waals surface area contributed by atoms with Crippen LogP contribution >= 0.6 is 0 Å². The van der Waals surface area contributed by atoms with Crippen LogP contribution in [0.1, 0.15) is 6.92 Å². The Balaban J connectivity index is 3.69. The first-order valence-corrected chi connectivity index (χ1v) is 2.86. The Bertz CT molecular complexity index is 144. The minimum absolute atomic E-state index is 0.487. The van der Waals surface area contributed by atoms with Gasteiger partial charge in [-0.2, -0.15) is 0 Å². The molecule has 58 valence electrons. The summed E-state index contributed by atoms with van der Waals surface area (Å²) in [5, 5.41) is 4.24. The van der Waals surface area contributed by atoms with E-state index in [9.17, 15) is 9.59 Å². The summed E-state index contributed by atoms with van der Waals surface area (Å²) in [6.07, 6.45) is 0. The number of rotatable bonds is 1. The molecule has 5 heteroatoms. The van der Waals surface area contributed by atoms with Crippen LogP contribution in [0.3, 0.4) is 0 Å². The smallest absolute Gasteiger partial charge is 0.321 e. The average Bonchev–Trinajstić information content (AvgIpc) is 1.87. The maximum absolute atomic E-state index is 10.6. The molecule has 5 nitrogen and oxygen atoms in total. The molecule has 4 N–H and O–H groups in total. The van der Waals surface area contributed by atoms with E-state index in [1.165, 1.54) is 14.0 Å². The highest BCUT2D eigenvalue weighted by atomic mass is 16.2. The molecule has 0 bridgehead atoms. The number of nitrogens with two attached hydrogens (primary N) is 1. The third kappa shape index (κ3) is 3.03. The minimum Gasteiger partial charge on any atom is -0.341 e. The Morgan fingerprint density at radius 1 is 1.50 bits per heavy atom. The summed E-state index contributed by atoms with van der Waals surface area (Å²) < 4.78 is 0. The maximum atomic E-state index is 10.6. The zero-order valence-corrected chi connectivity index (χ0v) is 5.97. The fourth-order valence-electron chi connectivity index (χ4n) is 0.288. The number of urea groups is 1. The van der Waals surface area contributed by atoms with E-state index in [0.29, 0.717) is 0 Å². The van der Waals surface area contributed by atoms with Crippen molar-refractivity contribution in [1.29, 1.82) is 0 Å². The molecule has 0 spiro atoms. The normalized spacial score (nSPS) is 11.9. The van der Waals surface area contributed by atoms with E-state index in [1.54, 1.807) is 0 Å². The zero-order chi connectivity index (χ0) is 8.15. The van der Waals surface area contributed by atoms with Crippen molar-refractivity contribution < 1.29 is 9.59 Å². The molecule has 0 unspecified atom stereocenters. The van der Waals surface area contributed by atoms with Crippen molar-refractivity contribution in [2.75, 3.05) is 7.05 Å². The molecule has 1 atom stereocenters. The maximum Gasteiger partial charge on any atom is 0.321 e. The van der Waals surface area contributed by atoms with Gasteiger partial charge in [-0.3, -0.25) is 10.1 Å². The predicted octanol–water partition coefficient (Wildman–Crippen LogP) is -1.21. The molecule has 0 aliphatic rings. The molecule has 0 radical (unpaired) electrons. The molecule has 10 heavy (non-hydrogen) atoms. The second-order valence-electron chi connectivity index (χ2n) is 1.86. The van der Waals surface area contributed by atoms with Crippen LogP contribution in [0.5, 0.6) is 0 Å². The van der Waals surface area contributed by atoms with Crippen molar-refractivity contribution in [1.82, 2.24) is 10.6 Å². The molecular formula is C5H11N3O2. The van der Waals surface area contributed by atoms with Gasteiger partial charge in [-0.05, 0) is 6.92 Å². The monoisotopic (exact) mass is 145 g/mol. The summed E-state index contributed by atoms with van der Waals surface area (Å²) in [5.74, 6) is -0.487. The summed E-state index contributed by atoms with van der Waals surface area (Å²) in [4.78, 5) is 21.0. The lowest BCUT2D eigenvalue weighted by molar-refractivity contribution is -0.120. The van der Waals surface area contributed by atoms with Gasteiger partial charge in [0.15, 0.2) is 0 Å². The number of imide groups is 1. The van der Waals surface area contributed by atoms with Crippen LogP contribution in [0.2, 0.25) is 0 Å². The van der Waals surface area contributed by atoms with Crippen LogP contribution in [0.4, 0.5) is 4.79 Å². The molecule has 0 saturated heterocycles. The van der Waals surface area contributed by atoms with Gasteiger partial charge >= 0.3 is 6.03 Å². The lowest BCUT2D eigenvalue weighted by Crippen LogP contribution is -2.45. The number of carbonyl (C=O) groups excluding carboxylic acids is 2. The van der Waals surface area contributed by atoms with E-state index in [2.05, 4.69) is 5.32 Å². The fourth-order valence-corrected chi connectivity index (χ4v) is 0.288. The van der Waals surface area contributed by atoms with Gasteiger partial charge in [-0.25, -0.2) is 4.79 Å². The lowest BCUT2D eigenvalue weighted by atomic mass is 10.3. The third-order valence-electron chi connectivity index (χ3n) is 0.877. The topological polar surface area (TPSA) is 84.2 Å². The molecule has 0 aromatic heterocycles. The molecule has 0 aromatic rings. The quantitative estimate of drug-likeness (QED) is 0.433. The molecule has 0 fully saturated rings. The van der Waals surface area contributed by atoms with E-state index in [4.69, 9.17) is 5.73 Å². The summed E-state index contributed by atoms with van der Waals surface area (Å²) in [5.41, 5.74) is 5.15. The molecule has 0 aliphatic heterocycles. The molecule has 0 aliphatic carbocycles. The zero-order valence-electron chi connectivity index (χ0n) is 5.97. The van der Waals surface area contributed by atoms with Crippen molar-refractivity contribution in [3.05, 3.63) is 0 Å². The Morgan fingerprint density at radius 3 is 2.30 bits per heavy atom. The highest BCUT2D eigenvalue weighted by molar-refractivity contribution is 5.96. The molecule has 0 aromatic carbocycles. The van der Waals surface area contributed by atoms with Gasteiger partial charge in [0.1, 0.15) is 0 Å². The minimum atomic E-state index is -0.655.